The predicted molar refractivity (Wildman–Crippen MR) is 83.0 cm³/mol. The molecule has 0 amide bonds. The third-order valence-corrected chi connectivity index (χ3v) is 4.51. The lowest BCUT2D eigenvalue weighted by Crippen LogP contribution is -2.43. The fourth-order valence-corrected chi connectivity index (χ4v) is 3.23. The van der Waals surface area contributed by atoms with Gasteiger partial charge in [0.15, 0.2) is 11.6 Å². The summed E-state index contributed by atoms with van der Waals surface area (Å²) in [5, 5.41) is 9.04. The van der Waals surface area contributed by atoms with Gasteiger partial charge in [0.2, 0.25) is 0 Å². The number of benzene rings is 1. The van der Waals surface area contributed by atoms with E-state index in [1.165, 1.54) is 0 Å². The number of ketones is 2. The van der Waals surface area contributed by atoms with Gasteiger partial charge in [0.25, 0.3) is 0 Å². The molecule has 0 spiro atoms. The maximum Gasteiger partial charge on any atom is 0.303 e. The van der Waals surface area contributed by atoms with Crippen LogP contribution in [0.3, 0.4) is 0 Å². The topological polar surface area (TPSA) is 71.4 Å². The maximum absolute atomic E-state index is 12.7. The zero-order valence-corrected chi connectivity index (χ0v) is 13.1. The number of hydrogen-bond acceptors (Lipinski definition) is 3. The lowest BCUT2D eigenvalue weighted by Gasteiger charge is -2.37. The molecule has 0 aliphatic heterocycles. The van der Waals surface area contributed by atoms with Crippen LogP contribution < -0.4 is 0 Å². The van der Waals surface area contributed by atoms with Crippen molar-refractivity contribution in [3.63, 3.8) is 0 Å². The Morgan fingerprint density at radius 1 is 1.23 bits per heavy atom. The Bertz CT molecular complexity index is 603. The zero-order chi connectivity index (χ0) is 16.3. The van der Waals surface area contributed by atoms with Crippen LogP contribution in [0.2, 0.25) is 0 Å². The van der Waals surface area contributed by atoms with Crippen molar-refractivity contribution in [2.24, 2.45) is 5.92 Å². The average molecular weight is 302 g/mol. The molecule has 4 nitrogen and oxygen atoms in total. The Balaban J connectivity index is 2.49. The second-order valence-electron chi connectivity index (χ2n) is 6.48. The second-order valence-corrected chi connectivity index (χ2v) is 6.48. The first-order valence-corrected chi connectivity index (χ1v) is 7.74. The van der Waals surface area contributed by atoms with E-state index in [9.17, 15) is 14.4 Å². The lowest BCUT2D eigenvalue weighted by atomic mass is 9.63. The van der Waals surface area contributed by atoms with Gasteiger partial charge in [-0.25, -0.2) is 0 Å². The fourth-order valence-electron chi connectivity index (χ4n) is 3.23. The zero-order valence-electron chi connectivity index (χ0n) is 13.1. The molecule has 1 N–H and O–H groups in total. The molecule has 0 fully saturated rings. The van der Waals surface area contributed by atoms with Gasteiger partial charge >= 0.3 is 5.97 Å². The molecule has 1 unspecified atom stereocenters. The minimum atomic E-state index is -0.911. The van der Waals surface area contributed by atoms with Crippen LogP contribution in [0, 0.1) is 5.92 Å². The van der Waals surface area contributed by atoms with Gasteiger partial charge < -0.3 is 5.11 Å². The molecule has 1 aromatic rings. The molecule has 1 aliphatic rings. The Morgan fingerprint density at radius 3 is 2.55 bits per heavy atom. The molecular formula is C18H22O4. The van der Waals surface area contributed by atoms with Crippen LogP contribution in [0.15, 0.2) is 24.3 Å². The quantitative estimate of drug-likeness (QED) is 0.818. The number of carboxylic acid groups (broad SMARTS) is 1. The largest absolute Gasteiger partial charge is 0.481 e. The summed E-state index contributed by atoms with van der Waals surface area (Å²) >= 11 is 0. The highest BCUT2D eigenvalue weighted by Crippen LogP contribution is 2.42. The molecule has 0 bridgehead atoms. The van der Waals surface area contributed by atoms with Crippen molar-refractivity contribution in [2.45, 2.75) is 51.4 Å². The number of hydrogen-bond donors (Lipinski definition) is 1. The lowest BCUT2D eigenvalue weighted by molar-refractivity contribution is -0.137. The van der Waals surface area contributed by atoms with Crippen LogP contribution in [-0.2, 0) is 15.0 Å². The summed E-state index contributed by atoms with van der Waals surface area (Å²) in [7, 11) is 0. The molecule has 118 valence electrons. The fraction of sp³-hybridized carbons (Fsp3) is 0.500. The van der Waals surface area contributed by atoms with E-state index in [0.717, 1.165) is 12.0 Å². The normalized spacial score (nSPS) is 21.0. The third-order valence-electron chi connectivity index (χ3n) is 4.51. The number of carbonyl (C=O) groups is 3. The average Bonchev–Trinajstić information content (AvgIpc) is 2.46. The highest BCUT2D eigenvalue weighted by atomic mass is 16.4. The molecule has 1 atom stereocenters. The van der Waals surface area contributed by atoms with Gasteiger partial charge in [-0.05, 0) is 30.7 Å². The van der Waals surface area contributed by atoms with Gasteiger partial charge in [0.1, 0.15) is 0 Å². The predicted octanol–water partition coefficient (Wildman–Crippen LogP) is 3.38. The van der Waals surface area contributed by atoms with Gasteiger partial charge in [0, 0.05) is 12.0 Å². The number of fused-ring (bicyclic) bond motifs is 1. The van der Waals surface area contributed by atoms with Gasteiger partial charge in [-0.1, -0.05) is 38.1 Å². The van der Waals surface area contributed by atoms with Crippen molar-refractivity contribution < 1.29 is 19.5 Å². The van der Waals surface area contributed by atoms with E-state index in [2.05, 4.69) is 13.8 Å². The molecule has 1 aromatic carbocycles. The molecule has 0 heterocycles. The number of Topliss-reactive ketones (excluding diaryl/α,β-unsaturated/α-hetero) is 2. The molecule has 0 saturated heterocycles. The second kappa shape index (κ2) is 6.42. The summed E-state index contributed by atoms with van der Waals surface area (Å²) < 4.78 is 0. The van der Waals surface area contributed by atoms with E-state index < -0.39 is 11.4 Å². The summed E-state index contributed by atoms with van der Waals surface area (Å²) in [6.45, 7) is 4.16. The standard InChI is InChI=1S/C18H22O4/c1-12(2)7-9-18(10-8-17(21)22)14-6-4-3-5-13(14)15(19)11-16(18)20/h3-6,12H,7-11H2,1-2H3,(H,21,22). The number of rotatable bonds is 6. The number of carboxylic acids is 1. The van der Waals surface area contributed by atoms with Crippen molar-refractivity contribution in [3.05, 3.63) is 35.4 Å². The van der Waals surface area contributed by atoms with Crippen LogP contribution in [0.4, 0.5) is 0 Å². The maximum atomic E-state index is 12.7. The van der Waals surface area contributed by atoms with E-state index in [1.807, 2.05) is 12.1 Å². The summed E-state index contributed by atoms with van der Waals surface area (Å²) in [4.78, 5) is 35.9. The molecule has 4 heteroatoms. The summed E-state index contributed by atoms with van der Waals surface area (Å²) in [5.74, 6) is -0.778. The van der Waals surface area contributed by atoms with Crippen LogP contribution >= 0.6 is 0 Å². The first-order valence-electron chi connectivity index (χ1n) is 7.74. The summed E-state index contributed by atoms with van der Waals surface area (Å²) in [6, 6.07) is 7.16. The first kappa shape index (κ1) is 16.4. The van der Waals surface area contributed by atoms with Crippen LogP contribution in [0.1, 0.15) is 61.9 Å². The van der Waals surface area contributed by atoms with E-state index >= 15 is 0 Å². The van der Waals surface area contributed by atoms with Gasteiger partial charge in [-0.2, -0.15) is 0 Å². The molecule has 0 aromatic heterocycles. The van der Waals surface area contributed by atoms with Gasteiger partial charge in [-0.15, -0.1) is 0 Å². The molecule has 22 heavy (non-hydrogen) atoms. The van der Waals surface area contributed by atoms with Crippen LogP contribution in [0.25, 0.3) is 0 Å². The Labute approximate surface area is 130 Å². The van der Waals surface area contributed by atoms with E-state index in [1.54, 1.807) is 12.1 Å². The van der Waals surface area contributed by atoms with Crippen molar-refractivity contribution in [1.29, 1.82) is 0 Å². The Kier molecular flexibility index (Phi) is 4.79. The van der Waals surface area contributed by atoms with E-state index in [4.69, 9.17) is 5.11 Å². The minimum Gasteiger partial charge on any atom is -0.481 e. The number of carbonyl (C=O) groups excluding carboxylic acids is 2. The highest BCUT2D eigenvalue weighted by Gasteiger charge is 2.45. The van der Waals surface area contributed by atoms with Crippen molar-refractivity contribution in [3.8, 4) is 0 Å². The molecular weight excluding hydrogens is 280 g/mol. The molecule has 1 aliphatic carbocycles. The third kappa shape index (κ3) is 3.11. The van der Waals surface area contributed by atoms with Gasteiger partial charge in [-0.3, -0.25) is 14.4 Å². The first-order chi connectivity index (χ1) is 10.4. The Hall–Kier alpha value is -1.97. The van der Waals surface area contributed by atoms with E-state index in [0.29, 0.717) is 17.9 Å². The SMILES string of the molecule is CC(C)CCC1(CCC(=O)O)C(=O)CC(=O)c2ccccc21. The molecule has 2 rings (SSSR count). The van der Waals surface area contributed by atoms with Crippen molar-refractivity contribution >= 4 is 17.5 Å². The van der Waals surface area contributed by atoms with Crippen molar-refractivity contribution in [1.82, 2.24) is 0 Å². The summed E-state index contributed by atoms with van der Waals surface area (Å²) in [6.07, 6.45) is 1.51. The number of aliphatic carboxylic acids is 1. The van der Waals surface area contributed by atoms with Crippen LogP contribution in [0.5, 0.6) is 0 Å². The Morgan fingerprint density at radius 2 is 1.91 bits per heavy atom. The highest BCUT2D eigenvalue weighted by molar-refractivity contribution is 6.16. The van der Waals surface area contributed by atoms with Crippen LogP contribution in [-0.4, -0.2) is 22.6 Å². The monoisotopic (exact) mass is 302 g/mol. The van der Waals surface area contributed by atoms with Crippen molar-refractivity contribution in [2.75, 3.05) is 0 Å². The van der Waals surface area contributed by atoms with Gasteiger partial charge in [0.05, 0.1) is 11.8 Å². The minimum absolute atomic E-state index is 0.0631. The van der Waals surface area contributed by atoms with E-state index in [-0.39, 0.29) is 30.8 Å². The molecule has 0 radical (unpaired) electrons. The molecule has 0 saturated carbocycles. The summed E-state index contributed by atoms with van der Waals surface area (Å²) in [5.41, 5.74) is 0.474. The smallest absolute Gasteiger partial charge is 0.303 e.